The van der Waals surface area contributed by atoms with Crippen LogP contribution in [-0.4, -0.2) is 17.3 Å². The Morgan fingerprint density at radius 2 is 1.58 bits per heavy atom. The van der Waals surface area contributed by atoms with Gasteiger partial charge in [-0.2, -0.15) is 0 Å². The van der Waals surface area contributed by atoms with E-state index in [1.807, 2.05) is 0 Å². The van der Waals surface area contributed by atoms with E-state index in [4.69, 9.17) is 0 Å². The summed E-state index contributed by atoms with van der Waals surface area (Å²) in [5.41, 5.74) is 0.797. The number of aromatic hydroxyl groups is 2. The Balaban J connectivity index is 2.39. The molecule has 100 valence electrons. The minimum Gasteiger partial charge on any atom is -0.507 e. The van der Waals surface area contributed by atoms with Gasteiger partial charge in [0.2, 0.25) is 0 Å². The summed E-state index contributed by atoms with van der Waals surface area (Å²) < 4.78 is 13.8. The van der Waals surface area contributed by atoms with Crippen molar-refractivity contribution in [3.05, 3.63) is 53.8 Å². The van der Waals surface area contributed by atoms with Crippen LogP contribution in [0.4, 0.5) is 10.1 Å². The number of hydrogen-bond donors (Lipinski definition) is 2. The van der Waals surface area contributed by atoms with Crippen molar-refractivity contribution in [1.29, 1.82) is 0 Å². The first-order chi connectivity index (χ1) is 9.02. The van der Waals surface area contributed by atoms with Gasteiger partial charge in [-0.25, -0.2) is 4.39 Å². The lowest BCUT2D eigenvalue weighted by Gasteiger charge is -2.28. The van der Waals surface area contributed by atoms with Crippen molar-refractivity contribution in [2.75, 3.05) is 11.9 Å². The maximum absolute atomic E-state index is 13.8. The Labute approximate surface area is 111 Å². The van der Waals surface area contributed by atoms with Crippen LogP contribution >= 0.6 is 0 Å². The highest BCUT2D eigenvalue weighted by Crippen LogP contribution is 2.37. The van der Waals surface area contributed by atoms with Crippen LogP contribution < -0.4 is 4.90 Å². The number of phenols is 2. The second-order valence-electron chi connectivity index (χ2n) is 4.45. The Kier molecular flexibility index (Phi) is 3.60. The first kappa shape index (κ1) is 13.2. The summed E-state index contributed by atoms with van der Waals surface area (Å²) in [5, 5.41) is 19.7. The van der Waals surface area contributed by atoms with Gasteiger partial charge in [-0.3, -0.25) is 0 Å². The first-order valence-electron chi connectivity index (χ1n) is 6.00. The minimum absolute atomic E-state index is 0.00399. The molecule has 19 heavy (non-hydrogen) atoms. The Morgan fingerprint density at radius 3 is 2.16 bits per heavy atom. The lowest BCUT2D eigenvalue weighted by atomic mass is 10.0. The zero-order valence-corrected chi connectivity index (χ0v) is 10.8. The number of nitrogens with zero attached hydrogens (tertiary/aromatic N) is 1. The van der Waals surface area contributed by atoms with E-state index < -0.39 is 0 Å². The molecule has 0 fully saturated rings. The summed E-state index contributed by atoms with van der Waals surface area (Å²) in [4.78, 5) is 1.67. The van der Waals surface area contributed by atoms with Crippen molar-refractivity contribution < 1.29 is 14.6 Å². The van der Waals surface area contributed by atoms with E-state index in [1.54, 1.807) is 43.1 Å². The fourth-order valence-electron chi connectivity index (χ4n) is 2.11. The summed E-state index contributed by atoms with van der Waals surface area (Å²) in [6, 6.07) is 10.6. The summed E-state index contributed by atoms with van der Waals surface area (Å²) in [6.45, 7) is 1.79. The molecule has 1 atom stereocenters. The van der Waals surface area contributed by atoms with Crippen LogP contribution in [0.25, 0.3) is 0 Å². The minimum atomic E-state index is -0.363. The predicted molar refractivity (Wildman–Crippen MR) is 73.0 cm³/mol. The highest BCUT2D eigenvalue weighted by molar-refractivity contribution is 5.53. The van der Waals surface area contributed by atoms with E-state index in [-0.39, 0.29) is 23.4 Å². The van der Waals surface area contributed by atoms with Gasteiger partial charge < -0.3 is 15.1 Å². The summed E-state index contributed by atoms with van der Waals surface area (Å²) >= 11 is 0. The van der Waals surface area contributed by atoms with Crippen LogP contribution in [0.2, 0.25) is 0 Å². The lowest BCUT2D eigenvalue weighted by molar-refractivity contribution is 0.429. The normalized spacial score (nSPS) is 12.2. The van der Waals surface area contributed by atoms with E-state index in [1.165, 1.54) is 18.2 Å². The molecule has 0 spiro atoms. The topological polar surface area (TPSA) is 43.7 Å². The van der Waals surface area contributed by atoms with Crippen LogP contribution in [0, 0.1) is 5.82 Å². The highest BCUT2D eigenvalue weighted by atomic mass is 19.1. The molecule has 2 aromatic carbocycles. The SMILES string of the molecule is CC(c1c(O)cccc1O)N(C)c1ccccc1F. The van der Waals surface area contributed by atoms with E-state index in [0.717, 1.165) is 0 Å². The largest absolute Gasteiger partial charge is 0.507 e. The van der Waals surface area contributed by atoms with Gasteiger partial charge in [-0.05, 0) is 31.2 Å². The molecular weight excluding hydrogens is 245 g/mol. The van der Waals surface area contributed by atoms with Gasteiger partial charge in [-0.1, -0.05) is 18.2 Å². The zero-order chi connectivity index (χ0) is 14.0. The second-order valence-corrected chi connectivity index (χ2v) is 4.45. The molecule has 4 heteroatoms. The molecule has 0 aliphatic heterocycles. The van der Waals surface area contributed by atoms with Gasteiger partial charge in [0.15, 0.2) is 0 Å². The third-order valence-electron chi connectivity index (χ3n) is 3.29. The van der Waals surface area contributed by atoms with Gasteiger partial charge in [0.1, 0.15) is 17.3 Å². The van der Waals surface area contributed by atoms with Gasteiger partial charge in [0, 0.05) is 7.05 Å². The average Bonchev–Trinajstić information content (AvgIpc) is 2.38. The fraction of sp³-hybridized carbons (Fsp3) is 0.200. The lowest BCUT2D eigenvalue weighted by Crippen LogP contribution is -2.22. The molecule has 1 unspecified atom stereocenters. The van der Waals surface area contributed by atoms with E-state index >= 15 is 0 Å². The van der Waals surface area contributed by atoms with E-state index in [0.29, 0.717) is 11.3 Å². The molecule has 2 aromatic rings. The molecule has 0 saturated carbocycles. The molecule has 0 aromatic heterocycles. The fourth-order valence-corrected chi connectivity index (χ4v) is 2.11. The average molecular weight is 261 g/mol. The summed E-state index contributed by atoms with van der Waals surface area (Å²) in [5.74, 6) is -0.349. The van der Waals surface area contributed by atoms with Gasteiger partial charge in [0.05, 0.1) is 17.3 Å². The van der Waals surface area contributed by atoms with Crippen molar-refractivity contribution in [2.45, 2.75) is 13.0 Å². The summed E-state index contributed by atoms with van der Waals surface area (Å²) in [7, 11) is 1.72. The van der Waals surface area contributed by atoms with Gasteiger partial charge >= 0.3 is 0 Å². The van der Waals surface area contributed by atoms with Crippen LogP contribution in [0.3, 0.4) is 0 Å². The molecule has 2 rings (SSSR count). The molecule has 0 aliphatic carbocycles. The van der Waals surface area contributed by atoms with Gasteiger partial charge in [0.25, 0.3) is 0 Å². The molecule has 0 bridgehead atoms. The molecular formula is C15H16FNO2. The quantitative estimate of drug-likeness (QED) is 0.889. The van der Waals surface area contributed by atoms with E-state index in [2.05, 4.69) is 0 Å². The maximum Gasteiger partial charge on any atom is 0.146 e. The number of para-hydroxylation sites is 1. The summed E-state index contributed by atoms with van der Waals surface area (Å²) in [6.07, 6.45) is 0. The molecule has 0 amide bonds. The smallest absolute Gasteiger partial charge is 0.146 e. The number of halogens is 1. The number of rotatable bonds is 3. The second kappa shape index (κ2) is 5.18. The zero-order valence-electron chi connectivity index (χ0n) is 10.8. The molecule has 0 saturated heterocycles. The molecule has 0 radical (unpaired) electrons. The van der Waals surface area contributed by atoms with E-state index in [9.17, 15) is 14.6 Å². The third-order valence-corrected chi connectivity index (χ3v) is 3.29. The van der Waals surface area contributed by atoms with Crippen LogP contribution in [-0.2, 0) is 0 Å². The Bertz CT molecular complexity index is 566. The van der Waals surface area contributed by atoms with Crippen molar-refractivity contribution in [2.24, 2.45) is 0 Å². The van der Waals surface area contributed by atoms with Crippen LogP contribution in [0.5, 0.6) is 11.5 Å². The van der Waals surface area contributed by atoms with Crippen LogP contribution in [0.15, 0.2) is 42.5 Å². The molecule has 0 aliphatic rings. The van der Waals surface area contributed by atoms with Gasteiger partial charge in [-0.15, -0.1) is 0 Å². The van der Waals surface area contributed by atoms with Crippen LogP contribution in [0.1, 0.15) is 18.5 Å². The Morgan fingerprint density at radius 1 is 1.00 bits per heavy atom. The first-order valence-corrected chi connectivity index (χ1v) is 6.00. The monoisotopic (exact) mass is 261 g/mol. The van der Waals surface area contributed by atoms with Crippen molar-refractivity contribution in [1.82, 2.24) is 0 Å². The predicted octanol–water partition coefficient (Wildman–Crippen LogP) is 3.43. The third kappa shape index (κ3) is 2.47. The number of hydrogen-bond acceptors (Lipinski definition) is 3. The molecule has 0 heterocycles. The molecule has 2 N–H and O–H groups in total. The standard InChI is InChI=1S/C15H16FNO2/c1-10(15-13(18)8-5-9-14(15)19)17(2)12-7-4-3-6-11(12)16/h3-10,18-19H,1-2H3. The highest BCUT2D eigenvalue weighted by Gasteiger charge is 2.21. The van der Waals surface area contributed by atoms with Crippen molar-refractivity contribution in [3.63, 3.8) is 0 Å². The molecule has 3 nitrogen and oxygen atoms in total. The van der Waals surface area contributed by atoms with Crippen molar-refractivity contribution >= 4 is 5.69 Å². The number of anilines is 1. The Hall–Kier alpha value is -2.23. The maximum atomic E-state index is 13.8. The number of benzene rings is 2. The number of phenolic OH excluding ortho intramolecular Hbond substituents is 2. The van der Waals surface area contributed by atoms with Crippen molar-refractivity contribution in [3.8, 4) is 11.5 Å².